The second kappa shape index (κ2) is 9.73. The maximum atomic E-state index is 12.9. The van der Waals surface area contributed by atoms with Gasteiger partial charge in [-0.3, -0.25) is 14.5 Å². The highest BCUT2D eigenvalue weighted by atomic mass is 35.5. The van der Waals surface area contributed by atoms with Crippen molar-refractivity contribution >= 4 is 36.6 Å². The maximum Gasteiger partial charge on any atom is 0.247 e. The van der Waals surface area contributed by atoms with Gasteiger partial charge in [0.15, 0.2) is 0 Å². The van der Waals surface area contributed by atoms with Gasteiger partial charge in [0.05, 0.1) is 6.04 Å². The highest BCUT2D eigenvalue weighted by Gasteiger charge is 2.37. The fraction of sp³-hybridized carbons (Fsp3) is 0.579. The van der Waals surface area contributed by atoms with Crippen LogP contribution in [-0.4, -0.2) is 59.9 Å². The number of rotatable bonds is 5. The first-order valence-corrected chi connectivity index (χ1v) is 9.08. The molecule has 3 rings (SSSR count). The van der Waals surface area contributed by atoms with Gasteiger partial charge in [0.25, 0.3) is 0 Å². The Kier molecular flexibility index (Phi) is 8.54. The normalized spacial score (nSPS) is 20.5. The summed E-state index contributed by atoms with van der Waals surface area (Å²) in [5.41, 5.74) is 6.14. The van der Waals surface area contributed by atoms with Gasteiger partial charge in [-0.1, -0.05) is 30.3 Å². The standard InChI is InChI=1S/C19H28N4O2.2ClH/c1-14(17(24)21-16-8-9-16)22-10-12-23(13-11-22)18(25)19(2,20)15-6-4-3-5-7-15;;/h3-7,14,16H,8-13,20H2,1-2H3,(H,21,24);2*1H. The van der Waals surface area contributed by atoms with Crippen LogP contribution in [0.15, 0.2) is 30.3 Å². The van der Waals surface area contributed by atoms with E-state index in [1.54, 1.807) is 6.92 Å². The summed E-state index contributed by atoms with van der Waals surface area (Å²) >= 11 is 0. The van der Waals surface area contributed by atoms with E-state index < -0.39 is 5.54 Å². The SMILES string of the molecule is CC(C(=O)NC1CC1)N1CCN(C(=O)C(C)(N)c2ccccc2)CC1.Cl.Cl. The zero-order valence-corrected chi connectivity index (χ0v) is 17.5. The van der Waals surface area contributed by atoms with Crippen LogP contribution in [0.3, 0.4) is 0 Å². The molecule has 27 heavy (non-hydrogen) atoms. The van der Waals surface area contributed by atoms with Crippen LogP contribution < -0.4 is 11.1 Å². The van der Waals surface area contributed by atoms with Gasteiger partial charge in [-0.2, -0.15) is 0 Å². The molecule has 3 N–H and O–H groups in total. The molecule has 2 unspecified atom stereocenters. The molecule has 1 aliphatic heterocycles. The number of benzene rings is 1. The number of piperazine rings is 1. The van der Waals surface area contributed by atoms with Crippen molar-refractivity contribution in [2.24, 2.45) is 5.73 Å². The monoisotopic (exact) mass is 416 g/mol. The van der Waals surface area contributed by atoms with E-state index in [1.165, 1.54) is 0 Å². The number of halogens is 2. The quantitative estimate of drug-likeness (QED) is 0.762. The number of nitrogens with two attached hydrogens (primary N) is 1. The van der Waals surface area contributed by atoms with Crippen LogP contribution >= 0.6 is 24.8 Å². The van der Waals surface area contributed by atoms with Crippen LogP contribution in [0.2, 0.25) is 0 Å². The molecule has 1 heterocycles. The van der Waals surface area contributed by atoms with E-state index in [1.807, 2.05) is 42.2 Å². The second-order valence-electron chi connectivity index (χ2n) is 7.36. The molecule has 2 aliphatic rings. The summed E-state index contributed by atoms with van der Waals surface area (Å²) in [5, 5.41) is 3.05. The average Bonchev–Trinajstić information content (AvgIpc) is 3.45. The predicted octanol–water partition coefficient (Wildman–Crippen LogP) is 1.52. The van der Waals surface area contributed by atoms with Gasteiger partial charge < -0.3 is 16.0 Å². The molecular formula is C19H30Cl2N4O2. The van der Waals surface area contributed by atoms with E-state index in [-0.39, 0.29) is 42.7 Å². The number of nitrogens with zero attached hydrogens (tertiary/aromatic N) is 2. The van der Waals surface area contributed by atoms with Crippen LogP contribution in [0.1, 0.15) is 32.3 Å². The van der Waals surface area contributed by atoms with Crippen LogP contribution in [0.4, 0.5) is 0 Å². The number of hydrogen-bond acceptors (Lipinski definition) is 4. The minimum atomic E-state index is -1.03. The van der Waals surface area contributed by atoms with Gasteiger partial charge >= 0.3 is 0 Å². The minimum absolute atomic E-state index is 0. The van der Waals surface area contributed by atoms with Gasteiger partial charge in [-0.15, -0.1) is 24.8 Å². The summed E-state index contributed by atoms with van der Waals surface area (Å²) in [7, 11) is 0. The molecule has 6 nitrogen and oxygen atoms in total. The second-order valence-corrected chi connectivity index (χ2v) is 7.36. The van der Waals surface area contributed by atoms with Crippen LogP contribution in [0.25, 0.3) is 0 Å². The Labute approximate surface area is 173 Å². The lowest BCUT2D eigenvalue weighted by atomic mass is 9.91. The molecule has 0 bridgehead atoms. The molecule has 2 fully saturated rings. The van der Waals surface area contributed by atoms with Crippen molar-refractivity contribution in [3.05, 3.63) is 35.9 Å². The molecule has 0 aromatic heterocycles. The first-order chi connectivity index (χ1) is 11.9. The zero-order valence-electron chi connectivity index (χ0n) is 15.9. The molecule has 1 saturated carbocycles. The van der Waals surface area contributed by atoms with E-state index in [4.69, 9.17) is 5.73 Å². The van der Waals surface area contributed by atoms with Crippen LogP contribution in [-0.2, 0) is 15.1 Å². The average molecular weight is 417 g/mol. The number of carbonyl (C=O) groups excluding carboxylic acids is 2. The maximum absolute atomic E-state index is 12.9. The lowest BCUT2D eigenvalue weighted by Crippen LogP contribution is -2.59. The van der Waals surface area contributed by atoms with E-state index in [0.29, 0.717) is 32.2 Å². The van der Waals surface area contributed by atoms with Gasteiger partial charge in [0.2, 0.25) is 11.8 Å². The predicted molar refractivity (Wildman–Crippen MR) is 111 cm³/mol. The molecule has 2 atom stereocenters. The van der Waals surface area contributed by atoms with Crippen molar-refractivity contribution in [1.29, 1.82) is 0 Å². The highest BCUT2D eigenvalue weighted by Crippen LogP contribution is 2.22. The summed E-state index contributed by atoms with van der Waals surface area (Å²) < 4.78 is 0. The fourth-order valence-electron chi connectivity index (χ4n) is 3.26. The third-order valence-corrected chi connectivity index (χ3v) is 5.27. The Balaban J connectivity index is 0.00000182. The Hall–Kier alpha value is -1.34. The van der Waals surface area contributed by atoms with Gasteiger partial charge in [0, 0.05) is 32.2 Å². The number of hydrogen-bond donors (Lipinski definition) is 2. The van der Waals surface area contributed by atoms with Crippen molar-refractivity contribution in [3.63, 3.8) is 0 Å². The van der Waals surface area contributed by atoms with Crippen molar-refractivity contribution in [3.8, 4) is 0 Å². The summed E-state index contributed by atoms with van der Waals surface area (Å²) in [6, 6.07) is 9.70. The minimum Gasteiger partial charge on any atom is -0.352 e. The van der Waals surface area contributed by atoms with E-state index >= 15 is 0 Å². The summed E-state index contributed by atoms with van der Waals surface area (Å²) in [4.78, 5) is 29.0. The van der Waals surface area contributed by atoms with E-state index in [9.17, 15) is 9.59 Å². The first kappa shape index (κ1) is 23.7. The largest absolute Gasteiger partial charge is 0.352 e. The lowest BCUT2D eigenvalue weighted by Gasteiger charge is -2.40. The molecular weight excluding hydrogens is 387 g/mol. The molecule has 1 aliphatic carbocycles. The Morgan fingerprint density at radius 3 is 2.19 bits per heavy atom. The van der Waals surface area contributed by atoms with Gasteiger partial charge in [-0.05, 0) is 32.3 Å². The van der Waals surface area contributed by atoms with Crippen LogP contribution in [0.5, 0.6) is 0 Å². The topological polar surface area (TPSA) is 78.7 Å². The van der Waals surface area contributed by atoms with Crippen molar-refractivity contribution in [2.75, 3.05) is 26.2 Å². The Morgan fingerprint density at radius 2 is 1.67 bits per heavy atom. The van der Waals surface area contributed by atoms with Crippen molar-refractivity contribution in [2.45, 2.75) is 44.3 Å². The van der Waals surface area contributed by atoms with Crippen molar-refractivity contribution < 1.29 is 9.59 Å². The molecule has 8 heteroatoms. The molecule has 1 aromatic rings. The molecule has 1 aromatic carbocycles. The van der Waals surface area contributed by atoms with Crippen LogP contribution in [0, 0.1) is 0 Å². The zero-order chi connectivity index (χ0) is 18.0. The van der Waals surface area contributed by atoms with E-state index in [2.05, 4.69) is 10.2 Å². The molecule has 2 amide bonds. The number of nitrogens with one attached hydrogen (secondary N) is 1. The summed E-state index contributed by atoms with van der Waals surface area (Å²) in [5.74, 6) is 0.0312. The molecule has 1 saturated heterocycles. The van der Waals surface area contributed by atoms with Gasteiger partial charge in [-0.25, -0.2) is 0 Å². The van der Waals surface area contributed by atoms with Crippen molar-refractivity contribution in [1.82, 2.24) is 15.1 Å². The van der Waals surface area contributed by atoms with Gasteiger partial charge in [0.1, 0.15) is 5.54 Å². The Bertz CT molecular complexity index is 630. The number of carbonyl (C=O) groups is 2. The molecule has 0 spiro atoms. The smallest absolute Gasteiger partial charge is 0.247 e. The third kappa shape index (κ3) is 5.57. The molecule has 152 valence electrons. The van der Waals surface area contributed by atoms with E-state index in [0.717, 1.165) is 18.4 Å². The number of amides is 2. The molecule has 0 radical (unpaired) electrons. The third-order valence-electron chi connectivity index (χ3n) is 5.27. The summed E-state index contributed by atoms with van der Waals surface area (Å²) in [6.07, 6.45) is 2.19. The highest BCUT2D eigenvalue weighted by molar-refractivity contribution is 5.87. The first-order valence-electron chi connectivity index (χ1n) is 9.08. The Morgan fingerprint density at radius 1 is 1.11 bits per heavy atom. The lowest BCUT2D eigenvalue weighted by molar-refractivity contribution is -0.139. The fourth-order valence-corrected chi connectivity index (χ4v) is 3.26. The summed E-state index contributed by atoms with van der Waals surface area (Å²) in [6.45, 7) is 6.28.